The average Bonchev–Trinajstić information content (AvgIpc) is 2.53. The van der Waals surface area contributed by atoms with E-state index in [4.69, 9.17) is 11.6 Å². The molecule has 110 valence electrons. The minimum Gasteiger partial charge on any atom is -0.367 e. The van der Waals surface area contributed by atoms with E-state index in [0.29, 0.717) is 11.1 Å². The lowest BCUT2D eigenvalue weighted by atomic mass is 10.0. The third kappa shape index (κ3) is 4.16. The molecule has 1 fully saturated rings. The number of nitrogens with zero attached hydrogens (tertiary/aromatic N) is 3. The number of pyridine rings is 2. The van der Waals surface area contributed by atoms with E-state index < -0.39 is 0 Å². The highest BCUT2D eigenvalue weighted by atomic mass is 35.5. The minimum atomic E-state index is 0.490. The summed E-state index contributed by atoms with van der Waals surface area (Å²) in [5.41, 5.74) is 1.28. The molecule has 21 heavy (non-hydrogen) atoms. The summed E-state index contributed by atoms with van der Waals surface area (Å²) in [4.78, 5) is 10.9. The van der Waals surface area contributed by atoms with Gasteiger partial charge in [0.15, 0.2) is 0 Å². The number of hydrogen-bond donors (Lipinski definition) is 1. The van der Waals surface area contributed by atoms with E-state index >= 15 is 0 Å². The fourth-order valence-corrected chi connectivity index (χ4v) is 2.77. The lowest BCUT2D eigenvalue weighted by Crippen LogP contribution is -2.38. The summed E-state index contributed by atoms with van der Waals surface area (Å²) in [6, 6.07) is 8.42. The summed E-state index contributed by atoms with van der Waals surface area (Å²) < 4.78 is 0. The Hall–Kier alpha value is -1.65. The quantitative estimate of drug-likeness (QED) is 0.941. The molecule has 2 aromatic heterocycles. The Kier molecular flexibility index (Phi) is 4.68. The first-order valence-corrected chi connectivity index (χ1v) is 7.67. The van der Waals surface area contributed by atoms with E-state index in [1.165, 1.54) is 5.56 Å². The van der Waals surface area contributed by atoms with Gasteiger partial charge in [0, 0.05) is 44.3 Å². The summed E-state index contributed by atoms with van der Waals surface area (Å²) in [6.45, 7) is 3.18. The molecule has 5 heteroatoms. The van der Waals surface area contributed by atoms with Crippen LogP contribution >= 0.6 is 11.6 Å². The molecule has 0 spiro atoms. The van der Waals surface area contributed by atoms with Crippen LogP contribution in [0, 0.1) is 0 Å². The van der Waals surface area contributed by atoms with Gasteiger partial charge in [-0.25, -0.2) is 4.98 Å². The maximum atomic E-state index is 5.85. The van der Waals surface area contributed by atoms with Gasteiger partial charge in [0.1, 0.15) is 5.82 Å². The zero-order chi connectivity index (χ0) is 14.5. The molecule has 1 aliphatic heterocycles. The second kappa shape index (κ2) is 6.87. The fraction of sp³-hybridized carbons (Fsp3) is 0.375. The Balaban J connectivity index is 1.47. The largest absolute Gasteiger partial charge is 0.367 e. The van der Waals surface area contributed by atoms with Crippen molar-refractivity contribution in [3.05, 3.63) is 53.4 Å². The van der Waals surface area contributed by atoms with Crippen LogP contribution in [0.25, 0.3) is 0 Å². The summed E-state index contributed by atoms with van der Waals surface area (Å²) in [6.07, 6.45) is 7.71. The van der Waals surface area contributed by atoms with Crippen LogP contribution in [-0.2, 0) is 6.54 Å². The van der Waals surface area contributed by atoms with Crippen molar-refractivity contribution in [3.63, 3.8) is 0 Å². The van der Waals surface area contributed by atoms with Gasteiger partial charge in [-0.1, -0.05) is 17.7 Å². The first kappa shape index (κ1) is 14.3. The Labute approximate surface area is 130 Å². The SMILES string of the molecule is Clc1ccc(NC2CCN(Cc3cccnc3)CC2)nc1. The number of rotatable bonds is 4. The van der Waals surface area contributed by atoms with E-state index in [9.17, 15) is 0 Å². The van der Waals surface area contributed by atoms with Crippen molar-refractivity contribution in [2.24, 2.45) is 0 Å². The van der Waals surface area contributed by atoms with E-state index in [0.717, 1.165) is 38.3 Å². The van der Waals surface area contributed by atoms with Gasteiger partial charge in [-0.3, -0.25) is 9.88 Å². The van der Waals surface area contributed by atoms with Gasteiger partial charge in [-0.2, -0.15) is 0 Å². The summed E-state index contributed by atoms with van der Waals surface area (Å²) in [7, 11) is 0. The van der Waals surface area contributed by atoms with Crippen LogP contribution in [-0.4, -0.2) is 34.0 Å². The van der Waals surface area contributed by atoms with Crippen molar-refractivity contribution in [2.75, 3.05) is 18.4 Å². The van der Waals surface area contributed by atoms with Crippen molar-refractivity contribution < 1.29 is 0 Å². The highest BCUT2D eigenvalue weighted by Gasteiger charge is 2.19. The maximum absolute atomic E-state index is 5.85. The van der Waals surface area contributed by atoms with Gasteiger partial charge in [0.05, 0.1) is 5.02 Å². The molecule has 1 saturated heterocycles. The van der Waals surface area contributed by atoms with Crippen LogP contribution < -0.4 is 5.32 Å². The normalized spacial score (nSPS) is 16.8. The molecule has 0 unspecified atom stereocenters. The Morgan fingerprint density at radius 3 is 2.71 bits per heavy atom. The zero-order valence-electron chi connectivity index (χ0n) is 11.9. The fourth-order valence-electron chi connectivity index (χ4n) is 2.66. The van der Waals surface area contributed by atoms with E-state index in [1.807, 2.05) is 30.6 Å². The molecule has 0 aliphatic carbocycles. The highest BCUT2D eigenvalue weighted by molar-refractivity contribution is 6.30. The molecule has 3 heterocycles. The number of likely N-dealkylation sites (tertiary alicyclic amines) is 1. The maximum Gasteiger partial charge on any atom is 0.126 e. The predicted molar refractivity (Wildman–Crippen MR) is 85.4 cm³/mol. The van der Waals surface area contributed by atoms with Gasteiger partial charge < -0.3 is 5.32 Å². The van der Waals surface area contributed by atoms with Crippen molar-refractivity contribution in [1.29, 1.82) is 0 Å². The third-order valence-electron chi connectivity index (χ3n) is 3.80. The van der Waals surface area contributed by atoms with Crippen molar-refractivity contribution in [2.45, 2.75) is 25.4 Å². The van der Waals surface area contributed by atoms with Gasteiger partial charge in [-0.05, 0) is 36.6 Å². The standard InChI is InChI=1S/C16H19ClN4/c17-14-3-4-16(19-11-14)20-15-5-8-21(9-6-15)12-13-2-1-7-18-10-13/h1-4,7,10-11,15H,5-6,8-9,12H2,(H,19,20). The molecule has 4 nitrogen and oxygen atoms in total. The van der Waals surface area contributed by atoms with Gasteiger partial charge in [0.2, 0.25) is 0 Å². The number of anilines is 1. The molecule has 0 saturated carbocycles. The number of piperidine rings is 1. The van der Waals surface area contributed by atoms with Crippen molar-refractivity contribution in [1.82, 2.24) is 14.9 Å². The predicted octanol–water partition coefficient (Wildman–Crippen LogP) is 3.21. The van der Waals surface area contributed by atoms with Crippen LogP contribution in [0.3, 0.4) is 0 Å². The number of halogens is 1. The lowest BCUT2D eigenvalue weighted by molar-refractivity contribution is 0.211. The van der Waals surface area contributed by atoms with Gasteiger partial charge >= 0.3 is 0 Å². The van der Waals surface area contributed by atoms with Crippen LogP contribution in [0.15, 0.2) is 42.9 Å². The molecule has 2 aromatic rings. The van der Waals surface area contributed by atoms with Crippen LogP contribution in [0.1, 0.15) is 18.4 Å². The Morgan fingerprint density at radius 2 is 2.05 bits per heavy atom. The highest BCUT2D eigenvalue weighted by Crippen LogP contribution is 2.17. The van der Waals surface area contributed by atoms with Gasteiger partial charge in [-0.15, -0.1) is 0 Å². The van der Waals surface area contributed by atoms with Crippen molar-refractivity contribution >= 4 is 17.4 Å². The Bertz CT molecular complexity index is 550. The van der Waals surface area contributed by atoms with Crippen LogP contribution in [0.4, 0.5) is 5.82 Å². The van der Waals surface area contributed by atoms with E-state index in [-0.39, 0.29) is 0 Å². The number of hydrogen-bond acceptors (Lipinski definition) is 4. The summed E-state index contributed by atoms with van der Waals surface area (Å²) in [5, 5.41) is 4.16. The van der Waals surface area contributed by atoms with Crippen LogP contribution in [0.5, 0.6) is 0 Å². The topological polar surface area (TPSA) is 41.0 Å². The molecule has 1 N–H and O–H groups in total. The van der Waals surface area contributed by atoms with E-state index in [2.05, 4.69) is 26.3 Å². The van der Waals surface area contributed by atoms with Crippen molar-refractivity contribution in [3.8, 4) is 0 Å². The smallest absolute Gasteiger partial charge is 0.126 e. The summed E-state index contributed by atoms with van der Waals surface area (Å²) >= 11 is 5.85. The first-order chi connectivity index (χ1) is 10.3. The third-order valence-corrected chi connectivity index (χ3v) is 4.02. The first-order valence-electron chi connectivity index (χ1n) is 7.29. The molecule has 1 aliphatic rings. The lowest BCUT2D eigenvalue weighted by Gasteiger charge is -2.32. The summed E-state index contributed by atoms with van der Waals surface area (Å²) in [5.74, 6) is 0.908. The second-order valence-electron chi connectivity index (χ2n) is 5.42. The number of nitrogens with one attached hydrogen (secondary N) is 1. The zero-order valence-corrected chi connectivity index (χ0v) is 12.6. The molecular formula is C16H19ClN4. The molecule has 0 bridgehead atoms. The number of aromatic nitrogens is 2. The Morgan fingerprint density at radius 1 is 1.19 bits per heavy atom. The monoisotopic (exact) mass is 302 g/mol. The average molecular weight is 303 g/mol. The van der Waals surface area contributed by atoms with Crippen LogP contribution in [0.2, 0.25) is 5.02 Å². The van der Waals surface area contributed by atoms with E-state index in [1.54, 1.807) is 6.20 Å². The second-order valence-corrected chi connectivity index (χ2v) is 5.85. The molecule has 0 aromatic carbocycles. The van der Waals surface area contributed by atoms with Gasteiger partial charge in [0.25, 0.3) is 0 Å². The molecule has 0 atom stereocenters. The molecule has 0 radical (unpaired) electrons. The molecular weight excluding hydrogens is 284 g/mol. The minimum absolute atomic E-state index is 0.490. The molecule has 3 rings (SSSR count). The molecule has 0 amide bonds.